The van der Waals surface area contributed by atoms with Gasteiger partial charge in [0.1, 0.15) is 11.7 Å². The first kappa shape index (κ1) is 19.4. The molecular weight excluding hydrogens is 361 g/mol. The van der Waals surface area contributed by atoms with Crippen molar-refractivity contribution >= 4 is 5.91 Å². The number of piperazine rings is 1. The number of benzene rings is 1. The first-order valence-electron chi connectivity index (χ1n) is 8.68. The molecule has 0 spiro atoms. The minimum absolute atomic E-state index is 0.119. The van der Waals surface area contributed by atoms with E-state index in [4.69, 9.17) is 4.52 Å². The first-order valence-corrected chi connectivity index (χ1v) is 8.68. The molecule has 0 bridgehead atoms. The lowest BCUT2D eigenvalue weighted by atomic mass is 10.1. The number of halogens is 3. The number of hydrogen-bond donors (Lipinski definition) is 2. The summed E-state index contributed by atoms with van der Waals surface area (Å²) < 4.78 is 45.1. The normalized spacial score (nSPS) is 16.9. The van der Waals surface area contributed by atoms with Gasteiger partial charge in [-0.1, -0.05) is 35.0 Å². The van der Waals surface area contributed by atoms with Crippen LogP contribution >= 0.6 is 0 Å². The van der Waals surface area contributed by atoms with Gasteiger partial charge in [-0.15, -0.1) is 0 Å². The summed E-state index contributed by atoms with van der Waals surface area (Å²) in [7, 11) is 0. The Bertz CT molecular complexity index is 768. The van der Waals surface area contributed by atoms with Gasteiger partial charge in [0, 0.05) is 44.4 Å². The third kappa shape index (κ3) is 4.86. The Morgan fingerprint density at radius 2 is 1.96 bits per heavy atom. The van der Waals surface area contributed by atoms with Gasteiger partial charge in [0.25, 0.3) is 5.91 Å². The molecule has 2 aromatic rings. The molecule has 6 nitrogen and oxygen atoms in total. The summed E-state index contributed by atoms with van der Waals surface area (Å²) in [4.78, 5) is 13.5. The van der Waals surface area contributed by atoms with Crippen LogP contribution in [0.25, 0.3) is 11.3 Å². The number of aryl methyl sites for hydroxylation is 1. The van der Waals surface area contributed by atoms with Crippen LogP contribution in [-0.2, 0) is 0 Å². The molecule has 1 unspecified atom stereocenters. The highest BCUT2D eigenvalue weighted by Gasteiger charge is 2.44. The van der Waals surface area contributed by atoms with E-state index in [1.807, 2.05) is 31.2 Å². The second-order valence-corrected chi connectivity index (χ2v) is 6.50. The van der Waals surface area contributed by atoms with Crippen molar-refractivity contribution in [2.24, 2.45) is 0 Å². The van der Waals surface area contributed by atoms with Crippen molar-refractivity contribution in [1.82, 2.24) is 20.7 Å². The van der Waals surface area contributed by atoms with E-state index in [1.165, 1.54) is 11.0 Å². The highest BCUT2D eigenvalue weighted by molar-refractivity contribution is 5.92. The highest BCUT2D eigenvalue weighted by atomic mass is 19.4. The molecule has 146 valence electrons. The number of carbonyl (C=O) groups is 1. The molecule has 1 aromatic heterocycles. The largest absolute Gasteiger partial charge is 0.405 e. The topological polar surface area (TPSA) is 70.4 Å². The molecule has 1 aromatic carbocycles. The van der Waals surface area contributed by atoms with Crippen molar-refractivity contribution in [3.05, 3.63) is 41.7 Å². The molecule has 1 fully saturated rings. The van der Waals surface area contributed by atoms with Crippen LogP contribution in [0.4, 0.5) is 13.2 Å². The SMILES string of the molecule is Cc1ccc(-c2cc(C(=O)NCC(N3CCNCC3)C(F)(F)F)on2)cc1. The Morgan fingerprint density at radius 1 is 1.30 bits per heavy atom. The minimum Gasteiger partial charge on any atom is -0.350 e. The maximum Gasteiger partial charge on any atom is 0.405 e. The molecule has 1 aliphatic heterocycles. The van der Waals surface area contributed by atoms with Crippen LogP contribution < -0.4 is 10.6 Å². The summed E-state index contributed by atoms with van der Waals surface area (Å²) in [6.45, 7) is 2.94. The summed E-state index contributed by atoms with van der Waals surface area (Å²) >= 11 is 0. The van der Waals surface area contributed by atoms with Gasteiger partial charge in [-0.05, 0) is 6.92 Å². The molecule has 0 saturated carbocycles. The smallest absolute Gasteiger partial charge is 0.350 e. The maximum atomic E-state index is 13.4. The lowest BCUT2D eigenvalue weighted by molar-refractivity contribution is -0.183. The third-order valence-corrected chi connectivity index (χ3v) is 4.51. The molecule has 3 rings (SSSR count). The predicted molar refractivity (Wildman–Crippen MR) is 93.3 cm³/mol. The molecule has 27 heavy (non-hydrogen) atoms. The molecule has 1 amide bonds. The van der Waals surface area contributed by atoms with Gasteiger partial charge in [-0.2, -0.15) is 13.2 Å². The van der Waals surface area contributed by atoms with Gasteiger partial charge in [0.05, 0.1) is 0 Å². The van der Waals surface area contributed by atoms with Gasteiger partial charge in [0.2, 0.25) is 5.76 Å². The fourth-order valence-electron chi connectivity index (χ4n) is 2.96. The first-order chi connectivity index (χ1) is 12.8. The number of carbonyl (C=O) groups excluding carboxylic acids is 1. The monoisotopic (exact) mass is 382 g/mol. The molecule has 1 aliphatic rings. The van der Waals surface area contributed by atoms with Crippen LogP contribution in [0, 0.1) is 6.92 Å². The van der Waals surface area contributed by atoms with Gasteiger partial charge in [0.15, 0.2) is 0 Å². The summed E-state index contributed by atoms with van der Waals surface area (Å²) in [5.74, 6) is -0.836. The fourth-order valence-corrected chi connectivity index (χ4v) is 2.96. The molecule has 1 atom stereocenters. The summed E-state index contributed by atoms with van der Waals surface area (Å²) in [5, 5.41) is 9.16. The molecule has 9 heteroatoms. The van der Waals surface area contributed by atoms with Crippen LogP contribution in [0.15, 0.2) is 34.9 Å². The van der Waals surface area contributed by atoms with E-state index in [1.54, 1.807) is 0 Å². The van der Waals surface area contributed by atoms with E-state index < -0.39 is 24.7 Å². The number of aromatic nitrogens is 1. The van der Waals surface area contributed by atoms with E-state index in [2.05, 4.69) is 15.8 Å². The van der Waals surface area contributed by atoms with Crippen molar-refractivity contribution in [1.29, 1.82) is 0 Å². The average molecular weight is 382 g/mol. The van der Waals surface area contributed by atoms with Crippen molar-refractivity contribution in [3.8, 4) is 11.3 Å². The van der Waals surface area contributed by atoms with Crippen LogP contribution in [0.5, 0.6) is 0 Å². The Balaban J connectivity index is 1.64. The van der Waals surface area contributed by atoms with Crippen LogP contribution in [0.3, 0.4) is 0 Å². The second-order valence-electron chi connectivity index (χ2n) is 6.50. The summed E-state index contributed by atoms with van der Waals surface area (Å²) in [5.41, 5.74) is 2.29. The van der Waals surface area contributed by atoms with Crippen LogP contribution in [0.2, 0.25) is 0 Å². The number of nitrogens with zero attached hydrogens (tertiary/aromatic N) is 2. The minimum atomic E-state index is -4.43. The van der Waals surface area contributed by atoms with Gasteiger partial charge in [-0.3, -0.25) is 9.69 Å². The predicted octanol–water partition coefficient (Wildman–Crippen LogP) is 2.22. The lowest BCUT2D eigenvalue weighted by Crippen LogP contribution is -2.57. The molecular formula is C18H21F3N4O2. The zero-order valence-electron chi connectivity index (χ0n) is 14.8. The maximum absolute atomic E-state index is 13.4. The Hall–Kier alpha value is -2.39. The number of hydrogen-bond acceptors (Lipinski definition) is 5. The number of amides is 1. The summed E-state index contributed by atoms with van der Waals surface area (Å²) in [6, 6.07) is 7.14. The Labute approximate surface area is 154 Å². The quantitative estimate of drug-likeness (QED) is 0.830. The zero-order chi connectivity index (χ0) is 19.4. The van der Waals surface area contributed by atoms with E-state index in [9.17, 15) is 18.0 Å². The van der Waals surface area contributed by atoms with Crippen molar-refractivity contribution in [2.75, 3.05) is 32.7 Å². The zero-order valence-corrected chi connectivity index (χ0v) is 14.8. The highest BCUT2D eigenvalue weighted by Crippen LogP contribution is 2.25. The van der Waals surface area contributed by atoms with E-state index in [0.717, 1.165) is 11.1 Å². The number of nitrogens with one attached hydrogen (secondary N) is 2. The molecule has 0 radical (unpaired) electrons. The van der Waals surface area contributed by atoms with Gasteiger partial charge >= 0.3 is 6.18 Å². The fraction of sp³-hybridized carbons (Fsp3) is 0.444. The molecule has 2 N–H and O–H groups in total. The van der Waals surface area contributed by atoms with Crippen molar-refractivity contribution in [3.63, 3.8) is 0 Å². The van der Waals surface area contributed by atoms with Crippen LogP contribution in [0.1, 0.15) is 16.1 Å². The summed E-state index contributed by atoms with van der Waals surface area (Å²) in [6.07, 6.45) is -4.43. The van der Waals surface area contributed by atoms with E-state index in [0.29, 0.717) is 18.8 Å². The van der Waals surface area contributed by atoms with E-state index in [-0.39, 0.29) is 18.8 Å². The molecule has 1 saturated heterocycles. The second kappa shape index (κ2) is 8.10. The Kier molecular flexibility index (Phi) is 5.81. The molecule has 0 aliphatic carbocycles. The van der Waals surface area contributed by atoms with Crippen molar-refractivity contribution in [2.45, 2.75) is 19.1 Å². The molecule has 2 heterocycles. The van der Waals surface area contributed by atoms with Crippen molar-refractivity contribution < 1.29 is 22.5 Å². The number of alkyl halides is 3. The average Bonchev–Trinajstić information content (AvgIpc) is 3.12. The van der Waals surface area contributed by atoms with Gasteiger partial charge in [-0.25, -0.2) is 0 Å². The van der Waals surface area contributed by atoms with Crippen LogP contribution in [-0.4, -0.2) is 60.9 Å². The van der Waals surface area contributed by atoms with E-state index >= 15 is 0 Å². The standard InChI is InChI=1S/C18H21F3N4O2/c1-12-2-4-13(5-3-12)14-10-15(27-24-14)17(26)23-11-16(18(19,20)21)25-8-6-22-7-9-25/h2-5,10,16,22H,6-9,11H2,1H3,(H,23,26). The third-order valence-electron chi connectivity index (χ3n) is 4.51. The number of rotatable bonds is 5. The Morgan fingerprint density at radius 3 is 2.59 bits per heavy atom. The van der Waals surface area contributed by atoms with Gasteiger partial charge < -0.3 is 15.2 Å². The lowest BCUT2D eigenvalue weighted by Gasteiger charge is -2.35.